The highest BCUT2D eigenvalue weighted by atomic mass is 28.3. The molecule has 0 aromatic heterocycles. The molecule has 1 aliphatic rings. The van der Waals surface area contributed by atoms with Crippen molar-refractivity contribution in [1.82, 2.24) is 0 Å². The Hall–Kier alpha value is -2.08. The third kappa shape index (κ3) is 5.72. The molecule has 0 atom stereocenters. The number of hydrogen-bond donors (Lipinski definition) is 0. The molecule has 0 unspecified atom stereocenters. The minimum absolute atomic E-state index is 0.293. The lowest BCUT2D eigenvalue weighted by Gasteiger charge is -2.28. The fourth-order valence-corrected chi connectivity index (χ4v) is 7.60. The van der Waals surface area contributed by atoms with Gasteiger partial charge >= 0.3 is 5.97 Å². The van der Waals surface area contributed by atoms with Crippen LogP contribution in [0.4, 0.5) is 13.2 Å². The first kappa shape index (κ1) is 21.6. The molecule has 0 aliphatic carbocycles. The van der Waals surface area contributed by atoms with E-state index in [2.05, 4.69) is 6.92 Å². The molecule has 1 fully saturated rings. The number of unbranched alkanes of at least 4 members (excludes halogenated alkanes) is 2. The standard InChI is InChI=1S/C23H27F3O2Si/c1-2-3-4-11-29-12-9-17(10-13-29)16-5-7-18(8-6-16)23(27)28-19-14-20(24)22(26)21(25)15-19/h5-8,14-15,17,29H,2-4,9-13H2,1H3. The fourth-order valence-electron chi connectivity index (χ4n) is 4.12. The molecular formula is C23H27F3O2Si. The van der Waals surface area contributed by atoms with Gasteiger partial charge in [-0.15, -0.1) is 0 Å². The molecule has 2 aromatic carbocycles. The van der Waals surface area contributed by atoms with Gasteiger partial charge in [0.15, 0.2) is 17.5 Å². The summed E-state index contributed by atoms with van der Waals surface area (Å²) < 4.78 is 44.5. The summed E-state index contributed by atoms with van der Waals surface area (Å²) in [6, 6.07) is 12.8. The van der Waals surface area contributed by atoms with Crippen LogP contribution in [0.25, 0.3) is 0 Å². The minimum atomic E-state index is -1.59. The maximum atomic E-state index is 13.3. The topological polar surface area (TPSA) is 26.3 Å². The molecule has 1 aliphatic heterocycles. The molecule has 29 heavy (non-hydrogen) atoms. The Labute approximate surface area is 171 Å². The van der Waals surface area contributed by atoms with Crippen LogP contribution in [-0.4, -0.2) is 14.8 Å². The highest BCUT2D eigenvalue weighted by Crippen LogP contribution is 2.35. The molecule has 3 rings (SSSR count). The number of esters is 1. The van der Waals surface area contributed by atoms with Crippen molar-refractivity contribution in [2.75, 3.05) is 0 Å². The second-order valence-corrected chi connectivity index (χ2v) is 11.4. The number of ether oxygens (including phenoxy) is 1. The Morgan fingerprint density at radius 3 is 2.24 bits per heavy atom. The minimum Gasteiger partial charge on any atom is -0.423 e. The molecule has 1 saturated heterocycles. The molecule has 156 valence electrons. The van der Waals surface area contributed by atoms with E-state index in [0.29, 0.717) is 23.6 Å². The molecule has 1 heterocycles. The summed E-state index contributed by atoms with van der Waals surface area (Å²) in [6.07, 6.45) is 6.46. The van der Waals surface area contributed by atoms with Crippen LogP contribution in [0, 0.1) is 17.5 Å². The van der Waals surface area contributed by atoms with Crippen LogP contribution in [0.3, 0.4) is 0 Å². The number of benzene rings is 2. The zero-order valence-corrected chi connectivity index (χ0v) is 17.9. The van der Waals surface area contributed by atoms with Crippen LogP contribution in [0.15, 0.2) is 36.4 Å². The normalized spacial score (nSPS) is 19.2. The molecule has 0 radical (unpaired) electrons. The second kappa shape index (κ2) is 10.1. The number of halogens is 3. The summed E-state index contributed by atoms with van der Waals surface area (Å²) in [4.78, 5) is 12.2. The maximum Gasteiger partial charge on any atom is 0.343 e. The molecule has 6 heteroatoms. The third-order valence-electron chi connectivity index (χ3n) is 5.85. The van der Waals surface area contributed by atoms with E-state index in [1.54, 1.807) is 12.1 Å². The number of carbonyl (C=O) groups is 1. The smallest absolute Gasteiger partial charge is 0.343 e. The van der Waals surface area contributed by atoms with E-state index >= 15 is 0 Å². The van der Waals surface area contributed by atoms with Crippen LogP contribution in [-0.2, 0) is 0 Å². The molecule has 0 amide bonds. The predicted molar refractivity (Wildman–Crippen MR) is 111 cm³/mol. The summed E-state index contributed by atoms with van der Waals surface area (Å²) in [5.74, 6) is -4.92. The Balaban J connectivity index is 1.55. The van der Waals surface area contributed by atoms with Gasteiger partial charge in [0.1, 0.15) is 5.75 Å². The first-order chi connectivity index (χ1) is 14.0. The largest absolute Gasteiger partial charge is 0.423 e. The van der Waals surface area contributed by atoms with Gasteiger partial charge in [-0.3, -0.25) is 0 Å². The highest BCUT2D eigenvalue weighted by molar-refractivity contribution is 6.59. The van der Waals surface area contributed by atoms with Gasteiger partial charge in [0, 0.05) is 20.9 Å². The molecular weight excluding hydrogens is 393 g/mol. The van der Waals surface area contributed by atoms with Gasteiger partial charge in [-0.2, -0.15) is 0 Å². The van der Waals surface area contributed by atoms with Crippen molar-refractivity contribution in [1.29, 1.82) is 0 Å². The Morgan fingerprint density at radius 1 is 1.03 bits per heavy atom. The van der Waals surface area contributed by atoms with Crippen molar-refractivity contribution in [3.05, 3.63) is 65.0 Å². The Kier molecular flexibility index (Phi) is 7.53. The van der Waals surface area contributed by atoms with Gasteiger partial charge in [-0.05, 0) is 36.5 Å². The first-order valence-electron chi connectivity index (χ1n) is 10.4. The molecule has 0 saturated carbocycles. The molecule has 2 aromatic rings. The average Bonchev–Trinajstić information content (AvgIpc) is 2.73. The van der Waals surface area contributed by atoms with E-state index in [1.807, 2.05) is 12.1 Å². The van der Waals surface area contributed by atoms with E-state index in [1.165, 1.54) is 55.8 Å². The van der Waals surface area contributed by atoms with Crippen LogP contribution >= 0.6 is 0 Å². The summed E-state index contributed by atoms with van der Waals surface area (Å²) in [5, 5.41) is 0. The van der Waals surface area contributed by atoms with Gasteiger partial charge in [0.2, 0.25) is 0 Å². The van der Waals surface area contributed by atoms with Gasteiger partial charge in [0.25, 0.3) is 0 Å². The zero-order valence-electron chi connectivity index (χ0n) is 16.7. The van der Waals surface area contributed by atoms with Crippen molar-refractivity contribution >= 4 is 14.8 Å². The van der Waals surface area contributed by atoms with Gasteiger partial charge < -0.3 is 4.74 Å². The second-order valence-electron chi connectivity index (χ2n) is 7.93. The Bertz CT molecular complexity index is 808. The van der Waals surface area contributed by atoms with Gasteiger partial charge in [-0.25, -0.2) is 18.0 Å². The fraction of sp³-hybridized carbons (Fsp3) is 0.435. The highest BCUT2D eigenvalue weighted by Gasteiger charge is 2.23. The third-order valence-corrected chi connectivity index (χ3v) is 9.37. The quantitative estimate of drug-likeness (QED) is 0.165. The summed E-state index contributed by atoms with van der Waals surface area (Å²) >= 11 is 0. The van der Waals surface area contributed by atoms with Crippen molar-refractivity contribution in [2.24, 2.45) is 0 Å². The Morgan fingerprint density at radius 2 is 1.66 bits per heavy atom. The van der Waals surface area contributed by atoms with E-state index in [9.17, 15) is 18.0 Å². The average molecular weight is 421 g/mol. The first-order valence-corrected chi connectivity index (χ1v) is 12.9. The predicted octanol–water partition coefficient (Wildman–Crippen LogP) is 6.62. The number of hydrogen-bond acceptors (Lipinski definition) is 2. The zero-order chi connectivity index (χ0) is 20.8. The summed E-state index contributed by atoms with van der Waals surface area (Å²) in [7, 11) is -0.560. The van der Waals surface area contributed by atoms with Gasteiger partial charge in [-0.1, -0.05) is 56.5 Å². The van der Waals surface area contributed by atoms with Crippen molar-refractivity contribution in [2.45, 2.75) is 63.1 Å². The molecule has 0 bridgehead atoms. The SMILES string of the molecule is CCCCC[SiH]1CCC(c2ccc(C(=O)Oc3cc(F)c(F)c(F)c3)cc2)CC1. The van der Waals surface area contributed by atoms with Gasteiger partial charge in [0.05, 0.1) is 5.56 Å². The van der Waals surface area contributed by atoms with E-state index in [-0.39, 0.29) is 5.75 Å². The van der Waals surface area contributed by atoms with Crippen LogP contribution < -0.4 is 4.74 Å². The monoisotopic (exact) mass is 420 g/mol. The lowest BCUT2D eigenvalue weighted by molar-refractivity contribution is 0.0733. The lowest BCUT2D eigenvalue weighted by atomic mass is 9.93. The molecule has 0 spiro atoms. The van der Waals surface area contributed by atoms with Crippen molar-refractivity contribution < 1.29 is 22.7 Å². The van der Waals surface area contributed by atoms with Crippen molar-refractivity contribution in [3.63, 3.8) is 0 Å². The summed E-state index contributed by atoms with van der Waals surface area (Å²) in [6.45, 7) is 2.24. The van der Waals surface area contributed by atoms with Crippen LogP contribution in [0.5, 0.6) is 5.75 Å². The number of rotatable bonds is 7. The van der Waals surface area contributed by atoms with E-state index in [0.717, 1.165) is 0 Å². The lowest BCUT2D eigenvalue weighted by Crippen LogP contribution is -2.20. The molecule has 0 N–H and O–H groups in total. The van der Waals surface area contributed by atoms with E-state index in [4.69, 9.17) is 4.74 Å². The van der Waals surface area contributed by atoms with Crippen molar-refractivity contribution in [3.8, 4) is 5.75 Å². The summed E-state index contributed by atoms with van der Waals surface area (Å²) in [5.41, 5.74) is 1.52. The van der Waals surface area contributed by atoms with Crippen LogP contribution in [0.1, 0.15) is 60.9 Å². The van der Waals surface area contributed by atoms with Crippen LogP contribution in [0.2, 0.25) is 18.1 Å². The molecule has 2 nitrogen and oxygen atoms in total. The number of carbonyl (C=O) groups excluding carboxylic acids is 1. The maximum absolute atomic E-state index is 13.3. The van der Waals surface area contributed by atoms with E-state index < -0.39 is 32.2 Å².